The lowest BCUT2D eigenvalue weighted by atomic mass is 10.0. The molecule has 0 radical (unpaired) electrons. The molecule has 33 heavy (non-hydrogen) atoms. The van der Waals surface area contributed by atoms with Gasteiger partial charge in [0.25, 0.3) is 0 Å². The van der Waals surface area contributed by atoms with Crippen molar-refractivity contribution in [1.82, 2.24) is 0 Å². The van der Waals surface area contributed by atoms with Crippen LogP contribution in [0.25, 0.3) is 0 Å². The molecule has 1 aromatic heterocycles. The molecule has 2 rings (SSSR count). The molecule has 0 bridgehead atoms. The van der Waals surface area contributed by atoms with Crippen molar-refractivity contribution >= 4 is 16.4 Å². The molecule has 1 aliphatic rings. The molecular formula is C25H34O7S. The largest absolute Gasteiger partial charge is 0.472 e. The molecule has 0 aromatic carbocycles. The van der Waals surface area contributed by atoms with Gasteiger partial charge in [-0.05, 0) is 70.4 Å². The third kappa shape index (κ3) is 9.84. The first kappa shape index (κ1) is 26.7. The molecular weight excluding hydrogens is 444 g/mol. The molecule has 8 heteroatoms. The normalized spacial score (nSPS) is 18.8. The van der Waals surface area contributed by atoms with Crippen LogP contribution in [-0.2, 0) is 30.5 Å². The van der Waals surface area contributed by atoms with Gasteiger partial charge in [-0.3, -0.25) is 4.55 Å². The number of furan rings is 1. The minimum absolute atomic E-state index is 0.0509. The van der Waals surface area contributed by atoms with Crippen molar-refractivity contribution in [3.05, 3.63) is 70.9 Å². The second kappa shape index (κ2) is 12.6. The quantitative estimate of drug-likeness (QED) is 0.215. The van der Waals surface area contributed by atoms with Crippen LogP contribution < -0.4 is 0 Å². The van der Waals surface area contributed by atoms with Crippen molar-refractivity contribution in [2.24, 2.45) is 5.92 Å². The molecule has 0 amide bonds. The van der Waals surface area contributed by atoms with Gasteiger partial charge in [0.2, 0.25) is 0 Å². The number of esters is 1. The number of cyclic esters (lactones) is 1. The molecule has 2 heterocycles. The Morgan fingerprint density at radius 2 is 1.97 bits per heavy atom. The maximum Gasteiger partial charge on any atom is 0.446 e. The molecule has 7 nitrogen and oxygen atoms in total. The second-order valence-electron chi connectivity index (χ2n) is 8.56. The summed E-state index contributed by atoms with van der Waals surface area (Å²) >= 11 is 0. The number of allylic oxidation sites excluding steroid dienone is 5. The van der Waals surface area contributed by atoms with Gasteiger partial charge in [0, 0.05) is 6.42 Å². The Kier molecular flexibility index (Phi) is 10.2. The maximum atomic E-state index is 11.8. The number of ether oxygens (including phenoxy) is 1. The van der Waals surface area contributed by atoms with Gasteiger partial charge in [-0.15, -0.1) is 0 Å². The number of rotatable bonds is 13. The predicted molar refractivity (Wildman–Crippen MR) is 127 cm³/mol. The Bertz CT molecular complexity index is 1010. The SMILES string of the molecule is CC1=C(OS(=O)(=O)O)C(C/C(C)=C/CC[C@H](C)/C=C/C/C(C)=C/CCc2ccoc2)OC1=O. The van der Waals surface area contributed by atoms with Crippen molar-refractivity contribution < 1.29 is 31.1 Å². The fourth-order valence-corrected chi connectivity index (χ4v) is 3.99. The summed E-state index contributed by atoms with van der Waals surface area (Å²) in [5.41, 5.74) is 3.56. The highest BCUT2D eigenvalue weighted by atomic mass is 32.3. The van der Waals surface area contributed by atoms with E-state index in [0.717, 1.165) is 37.7 Å². The fraction of sp³-hybridized carbons (Fsp3) is 0.480. The topological polar surface area (TPSA) is 103 Å². The molecule has 0 saturated carbocycles. The standard InChI is InChI=1S/C25H34O7S/c1-18(8-5-9-19(2)11-7-13-22-14-15-30-17-22)10-6-12-20(3)16-23-24(32-33(27,28)29)21(4)25(26)31-23/h5,8,11-12,14-15,17-18,23H,6-7,9-10,13,16H2,1-4H3,(H,27,28,29)/b8-5+,19-11+,20-12+/t18-,23?/m1/s1. The third-order valence-electron chi connectivity index (χ3n) is 5.45. The second-order valence-corrected chi connectivity index (χ2v) is 9.58. The van der Waals surface area contributed by atoms with E-state index in [0.29, 0.717) is 12.3 Å². The summed E-state index contributed by atoms with van der Waals surface area (Å²) < 4.78 is 45.9. The van der Waals surface area contributed by atoms with E-state index in [4.69, 9.17) is 13.7 Å². The summed E-state index contributed by atoms with van der Waals surface area (Å²) in [6, 6.07) is 1.99. The van der Waals surface area contributed by atoms with Gasteiger partial charge < -0.3 is 13.3 Å². The molecule has 0 aliphatic carbocycles. The van der Waals surface area contributed by atoms with Crippen LogP contribution in [0, 0.1) is 5.92 Å². The smallest absolute Gasteiger partial charge is 0.446 e. The summed E-state index contributed by atoms with van der Waals surface area (Å²) in [5, 5.41) is 0. The van der Waals surface area contributed by atoms with Gasteiger partial charge in [-0.1, -0.05) is 42.4 Å². The molecule has 0 fully saturated rings. The van der Waals surface area contributed by atoms with Crippen LogP contribution in [0.2, 0.25) is 0 Å². The number of carbonyl (C=O) groups is 1. The highest BCUT2D eigenvalue weighted by molar-refractivity contribution is 7.81. The van der Waals surface area contributed by atoms with Crippen molar-refractivity contribution in [2.75, 3.05) is 0 Å². The first-order valence-electron chi connectivity index (χ1n) is 11.1. The first-order chi connectivity index (χ1) is 15.5. The van der Waals surface area contributed by atoms with E-state index in [1.54, 1.807) is 12.5 Å². The summed E-state index contributed by atoms with van der Waals surface area (Å²) in [5.74, 6) is -0.381. The number of aryl methyl sites for hydroxylation is 1. The average molecular weight is 479 g/mol. The molecule has 1 aromatic rings. The highest BCUT2D eigenvalue weighted by Crippen LogP contribution is 2.29. The van der Waals surface area contributed by atoms with Crippen molar-refractivity contribution in [3.8, 4) is 0 Å². The number of hydrogen-bond donors (Lipinski definition) is 1. The van der Waals surface area contributed by atoms with Crippen molar-refractivity contribution in [1.29, 1.82) is 0 Å². The Labute approximate surface area is 196 Å². The Morgan fingerprint density at radius 1 is 1.24 bits per heavy atom. The van der Waals surface area contributed by atoms with E-state index in [1.807, 2.05) is 13.0 Å². The highest BCUT2D eigenvalue weighted by Gasteiger charge is 2.35. The number of hydrogen-bond acceptors (Lipinski definition) is 6. The average Bonchev–Trinajstić information content (AvgIpc) is 3.31. The van der Waals surface area contributed by atoms with Crippen LogP contribution in [0.5, 0.6) is 0 Å². The summed E-state index contributed by atoms with van der Waals surface area (Å²) in [7, 11) is -4.72. The van der Waals surface area contributed by atoms with Crippen LogP contribution in [0.4, 0.5) is 0 Å². The van der Waals surface area contributed by atoms with Crippen LogP contribution >= 0.6 is 0 Å². The van der Waals surface area contributed by atoms with Crippen LogP contribution in [-0.4, -0.2) is 25.0 Å². The monoisotopic (exact) mass is 478 g/mol. The van der Waals surface area contributed by atoms with Gasteiger partial charge in [0.05, 0.1) is 18.1 Å². The summed E-state index contributed by atoms with van der Waals surface area (Å²) in [6.07, 6.45) is 16.4. The van der Waals surface area contributed by atoms with Gasteiger partial charge >= 0.3 is 16.4 Å². The Morgan fingerprint density at radius 3 is 2.64 bits per heavy atom. The van der Waals surface area contributed by atoms with Gasteiger partial charge in [-0.2, -0.15) is 8.42 Å². The molecule has 1 aliphatic heterocycles. The lowest BCUT2D eigenvalue weighted by molar-refractivity contribution is -0.140. The van der Waals surface area contributed by atoms with Crippen molar-refractivity contribution in [2.45, 2.75) is 72.3 Å². The lowest BCUT2D eigenvalue weighted by Crippen LogP contribution is -2.16. The minimum atomic E-state index is -4.72. The minimum Gasteiger partial charge on any atom is -0.472 e. The van der Waals surface area contributed by atoms with E-state index in [9.17, 15) is 13.2 Å². The fourth-order valence-electron chi connectivity index (χ4n) is 3.53. The van der Waals surface area contributed by atoms with E-state index in [1.165, 1.54) is 18.1 Å². The summed E-state index contributed by atoms with van der Waals surface area (Å²) in [6.45, 7) is 7.61. The molecule has 182 valence electrons. The Balaban J connectivity index is 1.74. The lowest BCUT2D eigenvalue weighted by Gasteiger charge is -2.14. The number of carbonyl (C=O) groups excluding carboxylic acids is 1. The van der Waals surface area contributed by atoms with Crippen molar-refractivity contribution in [3.63, 3.8) is 0 Å². The van der Waals surface area contributed by atoms with Crippen LogP contribution in [0.1, 0.15) is 65.4 Å². The van der Waals surface area contributed by atoms with E-state index < -0.39 is 22.5 Å². The molecule has 0 saturated heterocycles. The zero-order valence-corrected chi connectivity index (χ0v) is 20.6. The third-order valence-corrected chi connectivity index (χ3v) is 5.84. The van der Waals surface area contributed by atoms with E-state index in [-0.39, 0.29) is 11.3 Å². The van der Waals surface area contributed by atoms with E-state index in [2.05, 4.69) is 42.3 Å². The Hall–Kier alpha value is -2.58. The van der Waals surface area contributed by atoms with Gasteiger partial charge in [-0.25, -0.2) is 4.79 Å². The van der Waals surface area contributed by atoms with Gasteiger partial charge in [0.15, 0.2) is 11.9 Å². The maximum absolute atomic E-state index is 11.8. The van der Waals surface area contributed by atoms with Crippen LogP contribution in [0.3, 0.4) is 0 Å². The molecule has 1 N–H and O–H groups in total. The first-order valence-corrected chi connectivity index (χ1v) is 12.5. The van der Waals surface area contributed by atoms with Crippen LogP contribution in [0.15, 0.2) is 69.8 Å². The molecule has 2 atom stereocenters. The molecule has 1 unspecified atom stereocenters. The van der Waals surface area contributed by atoms with Gasteiger partial charge in [0.1, 0.15) is 0 Å². The molecule has 0 spiro atoms. The zero-order chi connectivity index (χ0) is 24.4. The van der Waals surface area contributed by atoms with E-state index >= 15 is 0 Å². The summed E-state index contributed by atoms with van der Waals surface area (Å²) in [4.78, 5) is 11.8. The zero-order valence-electron chi connectivity index (χ0n) is 19.7. The predicted octanol–water partition coefficient (Wildman–Crippen LogP) is 5.88.